The minimum Gasteiger partial charge on any atom is -0.373 e. The number of halogens is 2. The zero-order chi connectivity index (χ0) is 14.8. The number of benzene rings is 2. The third-order valence-corrected chi connectivity index (χ3v) is 3.69. The molecule has 2 aromatic carbocycles. The van der Waals surface area contributed by atoms with E-state index in [2.05, 4.69) is 0 Å². The second kappa shape index (κ2) is 5.74. The van der Waals surface area contributed by atoms with Crippen molar-refractivity contribution in [3.63, 3.8) is 0 Å². The minimum atomic E-state index is -0.703. The van der Waals surface area contributed by atoms with E-state index in [-0.39, 0.29) is 12.0 Å². The lowest BCUT2D eigenvalue weighted by molar-refractivity contribution is 0.0350. The molecular formula is C17H14F2O2. The first-order chi connectivity index (χ1) is 10.1. The SMILES string of the molecule is O=C(CC1OCCc2ccccc21)c1cc(F)ccc1F. The number of Topliss-reactive ketones (excluding diaryl/α,β-unsaturated/α-hetero) is 1. The van der Waals surface area contributed by atoms with Gasteiger partial charge in [0, 0.05) is 6.42 Å². The van der Waals surface area contributed by atoms with E-state index in [1.165, 1.54) is 0 Å². The molecule has 2 aromatic rings. The Morgan fingerprint density at radius 2 is 2.00 bits per heavy atom. The van der Waals surface area contributed by atoms with Gasteiger partial charge in [0.05, 0.1) is 18.3 Å². The van der Waals surface area contributed by atoms with E-state index < -0.39 is 23.5 Å². The molecule has 108 valence electrons. The number of fused-ring (bicyclic) bond motifs is 1. The molecule has 1 atom stereocenters. The standard InChI is InChI=1S/C17H14F2O2/c18-12-5-6-15(19)14(9-12)16(20)10-17-13-4-2-1-3-11(13)7-8-21-17/h1-6,9,17H,7-8,10H2. The molecule has 1 unspecified atom stereocenters. The summed E-state index contributed by atoms with van der Waals surface area (Å²) in [4.78, 5) is 12.2. The van der Waals surface area contributed by atoms with Crippen LogP contribution in [0.3, 0.4) is 0 Å². The summed E-state index contributed by atoms with van der Waals surface area (Å²) < 4.78 is 32.4. The maximum atomic E-state index is 13.6. The molecule has 0 fully saturated rings. The van der Waals surface area contributed by atoms with E-state index >= 15 is 0 Å². The summed E-state index contributed by atoms with van der Waals surface area (Å²) in [5.74, 6) is -1.77. The van der Waals surface area contributed by atoms with Crippen molar-refractivity contribution in [3.05, 3.63) is 70.8 Å². The van der Waals surface area contributed by atoms with Gasteiger partial charge in [0.15, 0.2) is 5.78 Å². The zero-order valence-corrected chi connectivity index (χ0v) is 11.3. The Labute approximate surface area is 121 Å². The van der Waals surface area contributed by atoms with Gasteiger partial charge in [-0.3, -0.25) is 4.79 Å². The largest absolute Gasteiger partial charge is 0.373 e. The number of ketones is 1. The normalized spacial score (nSPS) is 17.3. The number of hydrogen-bond donors (Lipinski definition) is 0. The molecule has 0 amide bonds. The van der Waals surface area contributed by atoms with Crippen molar-refractivity contribution >= 4 is 5.78 Å². The van der Waals surface area contributed by atoms with Crippen molar-refractivity contribution in [1.29, 1.82) is 0 Å². The first-order valence-electron chi connectivity index (χ1n) is 6.83. The lowest BCUT2D eigenvalue weighted by atomic mass is 9.93. The Kier molecular flexibility index (Phi) is 3.80. The van der Waals surface area contributed by atoms with Crippen LogP contribution in [0.15, 0.2) is 42.5 Å². The summed E-state index contributed by atoms with van der Waals surface area (Å²) in [6.45, 7) is 0.528. The predicted molar refractivity (Wildman–Crippen MR) is 74.1 cm³/mol. The van der Waals surface area contributed by atoms with Crippen molar-refractivity contribution in [3.8, 4) is 0 Å². The number of hydrogen-bond acceptors (Lipinski definition) is 2. The van der Waals surface area contributed by atoms with Crippen molar-refractivity contribution < 1.29 is 18.3 Å². The van der Waals surface area contributed by atoms with Gasteiger partial charge in [-0.2, -0.15) is 0 Å². The number of carbonyl (C=O) groups is 1. The molecule has 0 N–H and O–H groups in total. The second-order valence-electron chi connectivity index (χ2n) is 5.06. The maximum absolute atomic E-state index is 13.6. The van der Waals surface area contributed by atoms with Gasteiger partial charge >= 0.3 is 0 Å². The van der Waals surface area contributed by atoms with Crippen LogP contribution in [-0.4, -0.2) is 12.4 Å². The smallest absolute Gasteiger partial charge is 0.168 e. The van der Waals surface area contributed by atoms with Gasteiger partial charge in [0.2, 0.25) is 0 Å². The Balaban J connectivity index is 1.84. The molecule has 1 aliphatic rings. The van der Waals surface area contributed by atoms with Gasteiger partial charge in [0.1, 0.15) is 11.6 Å². The van der Waals surface area contributed by atoms with Gasteiger partial charge in [-0.15, -0.1) is 0 Å². The molecule has 0 aliphatic carbocycles. The van der Waals surface area contributed by atoms with E-state index in [0.29, 0.717) is 6.61 Å². The monoisotopic (exact) mass is 288 g/mol. The van der Waals surface area contributed by atoms with Gasteiger partial charge in [-0.05, 0) is 35.7 Å². The predicted octanol–water partition coefficient (Wildman–Crippen LogP) is 3.85. The van der Waals surface area contributed by atoms with Crippen molar-refractivity contribution in [2.75, 3.05) is 6.61 Å². The van der Waals surface area contributed by atoms with Crippen LogP contribution in [0.5, 0.6) is 0 Å². The van der Waals surface area contributed by atoms with Crippen molar-refractivity contribution in [2.24, 2.45) is 0 Å². The lowest BCUT2D eigenvalue weighted by Gasteiger charge is -2.25. The highest BCUT2D eigenvalue weighted by Gasteiger charge is 2.25. The fraction of sp³-hybridized carbons (Fsp3) is 0.235. The van der Waals surface area contributed by atoms with Crippen molar-refractivity contribution in [1.82, 2.24) is 0 Å². The average molecular weight is 288 g/mol. The summed E-state index contributed by atoms with van der Waals surface area (Å²) in [7, 11) is 0. The van der Waals surface area contributed by atoms with E-state index in [0.717, 1.165) is 35.7 Å². The molecule has 21 heavy (non-hydrogen) atoms. The van der Waals surface area contributed by atoms with Crippen LogP contribution in [0, 0.1) is 11.6 Å². The van der Waals surface area contributed by atoms with E-state index in [9.17, 15) is 13.6 Å². The highest BCUT2D eigenvalue weighted by Crippen LogP contribution is 2.30. The van der Waals surface area contributed by atoms with Gasteiger partial charge < -0.3 is 4.74 Å². The van der Waals surface area contributed by atoms with E-state index in [1.807, 2.05) is 24.3 Å². The molecule has 4 heteroatoms. The molecule has 1 heterocycles. The van der Waals surface area contributed by atoms with Crippen molar-refractivity contribution in [2.45, 2.75) is 18.9 Å². The molecule has 2 nitrogen and oxygen atoms in total. The summed E-state index contributed by atoms with van der Waals surface area (Å²) in [6.07, 6.45) is 0.414. The second-order valence-corrected chi connectivity index (χ2v) is 5.06. The molecule has 0 aromatic heterocycles. The van der Waals surface area contributed by atoms with Gasteiger partial charge in [-0.1, -0.05) is 24.3 Å². The Morgan fingerprint density at radius 3 is 2.86 bits per heavy atom. The summed E-state index contributed by atoms with van der Waals surface area (Å²) in [6, 6.07) is 10.6. The fourth-order valence-corrected chi connectivity index (χ4v) is 2.64. The molecule has 0 spiro atoms. The van der Waals surface area contributed by atoms with Crippen LogP contribution >= 0.6 is 0 Å². The topological polar surface area (TPSA) is 26.3 Å². The molecular weight excluding hydrogens is 274 g/mol. The van der Waals surface area contributed by atoms with Crippen LogP contribution in [0.25, 0.3) is 0 Å². The number of rotatable bonds is 3. The highest BCUT2D eigenvalue weighted by molar-refractivity contribution is 5.96. The number of ether oxygens (including phenoxy) is 1. The summed E-state index contributed by atoms with van der Waals surface area (Å²) in [5.41, 5.74) is 1.87. The van der Waals surface area contributed by atoms with Crippen LogP contribution in [0.1, 0.15) is 34.0 Å². The van der Waals surface area contributed by atoms with Crippen LogP contribution in [0.2, 0.25) is 0 Å². The zero-order valence-electron chi connectivity index (χ0n) is 11.3. The van der Waals surface area contributed by atoms with Gasteiger partial charge in [-0.25, -0.2) is 8.78 Å². The fourth-order valence-electron chi connectivity index (χ4n) is 2.64. The maximum Gasteiger partial charge on any atom is 0.168 e. The Hall–Kier alpha value is -2.07. The molecule has 0 bridgehead atoms. The molecule has 0 radical (unpaired) electrons. The van der Waals surface area contributed by atoms with E-state index in [4.69, 9.17) is 4.74 Å². The average Bonchev–Trinajstić information content (AvgIpc) is 2.50. The third kappa shape index (κ3) is 2.85. The van der Waals surface area contributed by atoms with Crippen LogP contribution < -0.4 is 0 Å². The first kappa shape index (κ1) is 13.9. The Morgan fingerprint density at radius 1 is 1.19 bits per heavy atom. The van der Waals surface area contributed by atoms with Crippen LogP contribution in [0.4, 0.5) is 8.78 Å². The molecule has 1 aliphatic heterocycles. The first-order valence-corrected chi connectivity index (χ1v) is 6.83. The number of carbonyl (C=O) groups excluding carboxylic acids is 1. The summed E-state index contributed by atoms with van der Waals surface area (Å²) >= 11 is 0. The van der Waals surface area contributed by atoms with Gasteiger partial charge in [0.25, 0.3) is 0 Å². The summed E-state index contributed by atoms with van der Waals surface area (Å²) in [5, 5.41) is 0. The Bertz CT molecular complexity index is 682. The van der Waals surface area contributed by atoms with E-state index in [1.54, 1.807) is 0 Å². The molecule has 0 saturated heterocycles. The lowest BCUT2D eigenvalue weighted by Crippen LogP contribution is -2.19. The quantitative estimate of drug-likeness (QED) is 0.802. The molecule has 3 rings (SSSR count). The molecule has 0 saturated carbocycles. The van der Waals surface area contributed by atoms with Crippen LogP contribution in [-0.2, 0) is 11.2 Å². The minimum absolute atomic E-state index is 0.0113. The third-order valence-electron chi connectivity index (χ3n) is 3.69. The highest BCUT2D eigenvalue weighted by atomic mass is 19.1.